The van der Waals surface area contributed by atoms with Crippen molar-refractivity contribution in [3.8, 4) is 0 Å². The van der Waals surface area contributed by atoms with E-state index in [0.717, 1.165) is 0 Å². The van der Waals surface area contributed by atoms with Gasteiger partial charge in [0.05, 0.1) is 19.7 Å². The fraction of sp³-hybridized carbons (Fsp3) is 0.667. The highest BCUT2D eigenvalue weighted by Crippen LogP contribution is 2.03. The molecule has 1 heterocycles. The first-order valence-corrected chi connectivity index (χ1v) is 4.72. The second-order valence-electron chi connectivity index (χ2n) is 3.06. The van der Waals surface area contributed by atoms with E-state index >= 15 is 0 Å². The molecule has 6 nitrogen and oxygen atoms in total. The number of hydrogen-bond acceptors (Lipinski definition) is 5. The van der Waals surface area contributed by atoms with Crippen LogP contribution in [0.1, 0.15) is 13.3 Å². The van der Waals surface area contributed by atoms with E-state index < -0.39 is 12.1 Å². The molecule has 0 unspecified atom stereocenters. The summed E-state index contributed by atoms with van der Waals surface area (Å²) in [6, 6.07) is 0. The Balaban J connectivity index is 2.29. The molecule has 1 aliphatic heterocycles. The Morgan fingerprint density at radius 3 is 2.80 bits per heavy atom. The molecule has 6 heteroatoms. The normalized spacial score (nSPS) is 15.0. The second kappa shape index (κ2) is 5.33. The number of cyclic esters (lactones) is 1. The summed E-state index contributed by atoms with van der Waals surface area (Å²) in [6.07, 6.45) is -0.801. The van der Waals surface area contributed by atoms with Crippen LogP contribution in [-0.2, 0) is 19.1 Å². The van der Waals surface area contributed by atoms with Gasteiger partial charge in [-0.2, -0.15) is 0 Å². The minimum atomic E-state index is -0.560. The summed E-state index contributed by atoms with van der Waals surface area (Å²) < 4.78 is 9.25. The van der Waals surface area contributed by atoms with Crippen molar-refractivity contribution in [1.82, 2.24) is 4.90 Å². The Kier molecular flexibility index (Phi) is 4.08. The van der Waals surface area contributed by atoms with Crippen LogP contribution in [0.3, 0.4) is 0 Å². The fourth-order valence-corrected chi connectivity index (χ4v) is 1.21. The van der Waals surface area contributed by atoms with Gasteiger partial charge in [-0.25, -0.2) is 4.79 Å². The number of hydrogen-bond donors (Lipinski definition) is 0. The largest absolute Gasteiger partial charge is 0.466 e. The molecule has 0 N–H and O–H groups in total. The molecule has 0 atom stereocenters. The van der Waals surface area contributed by atoms with Crippen LogP contribution in [0.15, 0.2) is 0 Å². The zero-order chi connectivity index (χ0) is 11.3. The van der Waals surface area contributed by atoms with Crippen molar-refractivity contribution in [2.45, 2.75) is 13.3 Å². The summed E-state index contributed by atoms with van der Waals surface area (Å²) in [5, 5.41) is 0. The average molecular weight is 215 g/mol. The number of ketones is 1. The predicted octanol–water partition coefficient (Wildman–Crippen LogP) is -0.0391. The first-order chi connectivity index (χ1) is 7.13. The Morgan fingerprint density at radius 1 is 1.53 bits per heavy atom. The van der Waals surface area contributed by atoms with Crippen LogP contribution < -0.4 is 0 Å². The summed E-state index contributed by atoms with van der Waals surface area (Å²) in [7, 11) is 0. The summed E-state index contributed by atoms with van der Waals surface area (Å²) in [4.78, 5) is 34.4. The third-order valence-corrected chi connectivity index (χ3v) is 1.86. The zero-order valence-electron chi connectivity index (χ0n) is 8.52. The van der Waals surface area contributed by atoms with Gasteiger partial charge in [0.1, 0.15) is 13.0 Å². The number of nitrogens with zero attached hydrogens (tertiary/aromatic N) is 1. The third kappa shape index (κ3) is 3.57. The molecule has 1 aliphatic rings. The summed E-state index contributed by atoms with van der Waals surface area (Å²) in [5.41, 5.74) is 0. The topological polar surface area (TPSA) is 72.9 Å². The molecule has 1 saturated heterocycles. The highest BCUT2D eigenvalue weighted by atomic mass is 16.6. The van der Waals surface area contributed by atoms with Crippen molar-refractivity contribution < 1.29 is 23.9 Å². The minimum absolute atomic E-state index is 0.0857. The molecule has 0 aromatic rings. The van der Waals surface area contributed by atoms with Gasteiger partial charge in [-0.3, -0.25) is 14.5 Å². The lowest BCUT2D eigenvalue weighted by Gasteiger charge is -2.10. The first-order valence-electron chi connectivity index (χ1n) is 4.72. The summed E-state index contributed by atoms with van der Waals surface area (Å²) in [6.45, 7) is 2.52. The highest BCUT2D eigenvalue weighted by molar-refractivity contribution is 5.97. The van der Waals surface area contributed by atoms with E-state index in [2.05, 4.69) is 9.47 Å². The molecule has 0 saturated carbocycles. The molecule has 1 rings (SSSR count). The fourth-order valence-electron chi connectivity index (χ4n) is 1.21. The van der Waals surface area contributed by atoms with Gasteiger partial charge in [0.2, 0.25) is 0 Å². The van der Waals surface area contributed by atoms with Crippen molar-refractivity contribution in [3.63, 3.8) is 0 Å². The van der Waals surface area contributed by atoms with Crippen LogP contribution in [0.4, 0.5) is 4.79 Å². The minimum Gasteiger partial charge on any atom is -0.466 e. The van der Waals surface area contributed by atoms with E-state index in [1.165, 1.54) is 4.90 Å². The summed E-state index contributed by atoms with van der Waals surface area (Å²) >= 11 is 0. The van der Waals surface area contributed by atoms with Crippen LogP contribution in [0.5, 0.6) is 0 Å². The van der Waals surface area contributed by atoms with Crippen molar-refractivity contribution in [2.75, 3.05) is 26.3 Å². The van der Waals surface area contributed by atoms with Crippen LogP contribution in [0.25, 0.3) is 0 Å². The number of carbonyl (C=O) groups excluding carboxylic acids is 3. The van der Waals surface area contributed by atoms with Crippen LogP contribution in [-0.4, -0.2) is 49.0 Å². The Labute approximate surface area is 87.1 Å². The van der Waals surface area contributed by atoms with Crippen molar-refractivity contribution in [2.24, 2.45) is 0 Å². The molecule has 15 heavy (non-hydrogen) atoms. The van der Waals surface area contributed by atoms with Gasteiger partial charge in [-0.15, -0.1) is 0 Å². The number of Topliss-reactive ketones (excluding diaryl/α,β-unsaturated/α-hetero) is 1. The molecule has 0 bridgehead atoms. The molecule has 84 valence electrons. The standard InChI is InChI=1S/C9H13NO5/c1-2-14-8(12)5-7(11)6-10-3-4-15-9(10)13/h2-6H2,1H3. The number of esters is 1. The Morgan fingerprint density at radius 2 is 2.27 bits per heavy atom. The van der Waals surface area contributed by atoms with Gasteiger partial charge in [0, 0.05) is 0 Å². The molecule has 0 aromatic carbocycles. The molecule has 1 fully saturated rings. The van der Waals surface area contributed by atoms with E-state index in [4.69, 9.17) is 0 Å². The number of amides is 1. The van der Waals surface area contributed by atoms with Crippen LogP contribution >= 0.6 is 0 Å². The first kappa shape index (κ1) is 11.5. The lowest BCUT2D eigenvalue weighted by atomic mass is 10.2. The lowest BCUT2D eigenvalue weighted by molar-refractivity contribution is -0.145. The van der Waals surface area contributed by atoms with Gasteiger partial charge in [0.25, 0.3) is 0 Å². The molecule has 1 amide bonds. The van der Waals surface area contributed by atoms with Gasteiger partial charge >= 0.3 is 12.1 Å². The van der Waals surface area contributed by atoms with Crippen molar-refractivity contribution in [3.05, 3.63) is 0 Å². The molecular weight excluding hydrogens is 202 g/mol. The molecule has 0 radical (unpaired) electrons. The number of carbonyl (C=O) groups is 3. The van der Waals surface area contributed by atoms with E-state index in [1.54, 1.807) is 6.92 Å². The number of ether oxygens (including phenoxy) is 2. The van der Waals surface area contributed by atoms with Gasteiger partial charge < -0.3 is 9.47 Å². The number of rotatable bonds is 5. The quantitative estimate of drug-likeness (QED) is 0.475. The lowest BCUT2D eigenvalue weighted by Crippen LogP contribution is -2.31. The van der Waals surface area contributed by atoms with Crippen molar-refractivity contribution in [1.29, 1.82) is 0 Å². The van der Waals surface area contributed by atoms with Gasteiger partial charge in [-0.05, 0) is 6.92 Å². The SMILES string of the molecule is CCOC(=O)CC(=O)CN1CCOC1=O. The van der Waals surface area contributed by atoms with Gasteiger partial charge in [-0.1, -0.05) is 0 Å². The van der Waals surface area contributed by atoms with E-state index in [1.807, 2.05) is 0 Å². The maximum absolute atomic E-state index is 11.3. The molecule has 0 spiro atoms. The monoisotopic (exact) mass is 215 g/mol. The van der Waals surface area contributed by atoms with Crippen molar-refractivity contribution >= 4 is 17.8 Å². The smallest absolute Gasteiger partial charge is 0.410 e. The van der Waals surface area contributed by atoms with E-state index in [-0.39, 0.29) is 25.4 Å². The summed E-state index contributed by atoms with van der Waals surface area (Å²) in [5.74, 6) is -0.901. The third-order valence-electron chi connectivity index (χ3n) is 1.86. The average Bonchev–Trinajstić information content (AvgIpc) is 2.52. The van der Waals surface area contributed by atoms with Gasteiger partial charge in [0.15, 0.2) is 5.78 Å². The Hall–Kier alpha value is -1.59. The Bertz CT molecular complexity index is 276. The highest BCUT2D eigenvalue weighted by Gasteiger charge is 2.24. The van der Waals surface area contributed by atoms with Crippen LogP contribution in [0, 0.1) is 0 Å². The van der Waals surface area contributed by atoms with E-state index in [9.17, 15) is 14.4 Å². The van der Waals surface area contributed by atoms with E-state index in [0.29, 0.717) is 13.2 Å². The maximum Gasteiger partial charge on any atom is 0.410 e. The molecule has 0 aromatic heterocycles. The maximum atomic E-state index is 11.3. The second-order valence-corrected chi connectivity index (χ2v) is 3.06. The molecular formula is C9H13NO5. The zero-order valence-corrected chi connectivity index (χ0v) is 8.52. The van der Waals surface area contributed by atoms with Crippen LogP contribution in [0.2, 0.25) is 0 Å². The molecule has 0 aliphatic carbocycles. The predicted molar refractivity (Wildman–Crippen MR) is 49.2 cm³/mol.